The molecule has 0 unspecified atom stereocenters. The Morgan fingerprint density at radius 3 is 2.55 bits per heavy atom. The van der Waals surface area contributed by atoms with E-state index in [0.29, 0.717) is 35.9 Å². The molecular weight excluding hydrogens is 440 g/mol. The van der Waals surface area contributed by atoms with Crippen molar-refractivity contribution in [2.75, 3.05) is 13.1 Å². The molecule has 33 heavy (non-hydrogen) atoms. The van der Waals surface area contributed by atoms with Gasteiger partial charge in [-0.3, -0.25) is 9.97 Å². The number of aryl methyl sites for hydroxylation is 1. The number of nitrogens with zero attached hydrogens (tertiary/aromatic N) is 6. The summed E-state index contributed by atoms with van der Waals surface area (Å²) in [6, 6.07) is 12.7. The largest absolute Gasteiger partial charge is 0.415 e. The van der Waals surface area contributed by atoms with E-state index in [9.17, 15) is 8.42 Å². The molecule has 0 saturated heterocycles. The molecule has 0 atom stereocenters. The summed E-state index contributed by atoms with van der Waals surface area (Å²) < 4.78 is 33.0. The molecule has 1 aliphatic heterocycles. The van der Waals surface area contributed by atoms with Crippen LogP contribution in [-0.4, -0.2) is 51.0 Å². The molecule has 0 N–H and O–H groups in total. The fraction of sp³-hybridized carbons (Fsp3) is 0.174. The van der Waals surface area contributed by atoms with Crippen molar-refractivity contribution < 1.29 is 12.8 Å². The van der Waals surface area contributed by atoms with Crippen molar-refractivity contribution in [2.24, 2.45) is 0 Å². The smallest absolute Gasteiger partial charge is 0.268 e. The first-order valence-electron chi connectivity index (χ1n) is 10.3. The van der Waals surface area contributed by atoms with E-state index in [4.69, 9.17) is 9.40 Å². The summed E-state index contributed by atoms with van der Waals surface area (Å²) >= 11 is 0. The molecule has 0 bridgehead atoms. The number of hydrogen-bond acceptors (Lipinski definition) is 8. The van der Waals surface area contributed by atoms with E-state index in [-0.39, 0.29) is 17.3 Å². The molecule has 3 aromatic heterocycles. The molecule has 0 fully saturated rings. The van der Waals surface area contributed by atoms with Gasteiger partial charge < -0.3 is 4.42 Å². The summed E-state index contributed by atoms with van der Waals surface area (Å²) in [6.07, 6.45) is 6.97. The average Bonchev–Trinajstić information content (AvgIpc) is 3.36. The molecule has 1 aromatic carbocycles. The number of sulfonamides is 1. The van der Waals surface area contributed by atoms with Crippen molar-refractivity contribution in [1.82, 2.24) is 29.5 Å². The van der Waals surface area contributed by atoms with Crippen molar-refractivity contribution in [3.05, 3.63) is 78.5 Å². The van der Waals surface area contributed by atoms with Gasteiger partial charge in [0.25, 0.3) is 5.89 Å². The normalized spacial score (nSPS) is 14.8. The van der Waals surface area contributed by atoms with E-state index in [1.807, 2.05) is 43.3 Å². The first-order valence-corrected chi connectivity index (χ1v) is 11.8. The SMILES string of the molecule is Cc1ncc(C2=CCN(S(=O)(=O)c3cccnc3)CC2)nc1-c1nnc(-c2ccccc2)o1. The highest BCUT2D eigenvalue weighted by atomic mass is 32.2. The van der Waals surface area contributed by atoms with Crippen molar-refractivity contribution in [1.29, 1.82) is 0 Å². The van der Waals surface area contributed by atoms with Gasteiger partial charge in [0.05, 0.1) is 17.6 Å². The number of rotatable bonds is 5. The lowest BCUT2D eigenvalue weighted by Gasteiger charge is -2.25. The van der Waals surface area contributed by atoms with Crippen LogP contribution in [0, 0.1) is 6.92 Å². The van der Waals surface area contributed by atoms with E-state index in [1.54, 1.807) is 24.5 Å². The molecule has 0 spiro atoms. The Kier molecular flexibility index (Phi) is 5.53. The Balaban J connectivity index is 1.40. The van der Waals surface area contributed by atoms with Crippen molar-refractivity contribution in [3.63, 3.8) is 0 Å². The van der Waals surface area contributed by atoms with Crippen LogP contribution in [0.2, 0.25) is 0 Å². The lowest BCUT2D eigenvalue weighted by atomic mass is 10.1. The van der Waals surface area contributed by atoms with Crippen LogP contribution in [0.25, 0.3) is 28.6 Å². The van der Waals surface area contributed by atoms with Crippen molar-refractivity contribution in [3.8, 4) is 23.0 Å². The minimum absolute atomic E-state index is 0.185. The van der Waals surface area contributed by atoms with E-state index < -0.39 is 10.0 Å². The molecular formula is C23H20N6O3S. The maximum absolute atomic E-state index is 12.8. The van der Waals surface area contributed by atoms with Crippen molar-refractivity contribution in [2.45, 2.75) is 18.2 Å². The van der Waals surface area contributed by atoms with Gasteiger partial charge in [0.1, 0.15) is 10.6 Å². The topological polar surface area (TPSA) is 115 Å². The zero-order chi connectivity index (χ0) is 22.8. The Morgan fingerprint density at radius 2 is 1.82 bits per heavy atom. The predicted octanol–water partition coefficient (Wildman–Crippen LogP) is 3.38. The lowest BCUT2D eigenvalue weighted by molar-refractivity contribution is 0.440. The zero-order valence-corrected chi connectivity index (χ0v) is 18.6. The highest BCUT2D eigenvalue weighted by Crippen LogP contribution is 2.28. The zero-order valence-electron chi connectivity index (χ0n) is 17.8. The quantitative estimate of drug-likeness (QED) is 0.445. The van der Waals surface area contributed by atoms with Crippen LogP contribution < -0.4 is 0 Å². The van der Waals surface area contributed by atoms with Crippen LogP contribution in [0.5, 0.6) is 0 Å². The van der Waals surface area contributed by atoms with Crippen LogP contribution >= 0.6 is 0 Å². The first-order chi connectivity index (χ1) is 16.0. The third-order valence-electron chi connectivity index (χ3n) is 5.38. The van der Waals surface area contributed by atoms with Gasteiger partial charge in [-0.25, -0.2) is 13.4 Å². The van der Waals surface area contributed by atoms with Crippen LogP contribution in [-0.2, 0) is 10.0 Å². The predicted molar refractivity (Wildman–Crippen MR) is 121 cm³/mol. The number of hydrogen-bond donors (Lipinski definition) is 0. The average molecular weight is 461 g/mol. The van der Waals surface area contributed by atoms with Gasteiger partial charge in [-0.05, 0) is 43.2 Å². The van der Waals surface area contributed by atoms with E-state index in [1.165, 1.54) is 10.5 Å². The number of benzene rings is 1. The summed E-state index contributed by atoms with van der Waals surface area (Å²) in [7, 11) is -3.59. The Morgan fingerprint density at radius 1 is 1.00 bits per heavy atom. The molecule has 166 valence electrons. The van der Waals surface area contributed by atoms with E-state index >= 15 is 0 Å². The second-order valence-electron chi connectivity index (χ2n) is 7.50. The molecule has 0 saturated carbocycles. The summed E-state index contributed by atoms with van der Waals surface area (Å²) in [5.74, 6) is 0.697. The fourth-order valence-electron chi connectivity index (χ4n) is 3.57. The van der Waals surface area contributed by atoms with Gasteiger partial charge in [0.2, 0.25) is 15.9 Å². The highest BCUT2D eigenvalue weighted by molar-refractivity contribution is 7.89. The third-order valence-corrected chi connectivity index (χ3v) is 7.23. The monoisotopic (exact) mass is 460 g/mol. The second-order valence-corrected chi connectivity index (χ2v) is 9.44. The summed E-state index contributed by atoms with van der Waals surface area (Å²) in [6.45, 7) is 2.42. The Bertz CT molecular complexity index is 1420. The number of aromatic nitrogens is 5. The Hall–Kier alpha value is -3.76. The summed E-state index contributed by atoms with van der Waals surface area (Å²) in [4.78, 5) is 13.3. The molecule has 0 aliphatic carbocycles. The lowest BCUT2D eigenvalue weighted by Crippen LogP contribution is -2.34. The maximum Gasteiger partial charge on any atom is 0.268 e. The first kappa shape index (κ1) is 21.1. The molecule has 10 heteroatoms. The van der Waals surface area contributed by atoms with Gasteiger partial charge in [0, 0.05) is 31.0 Å². The molecule has 0 amide bonds. The van der Waals surface area contributed by atoms with Gasteiger partial charge >= 0.3 is 0 Å². The van der Waals surface area contributed by atoms with Crippen LogP contribution in [0.1, 0.15) is 17.8 Å². The van der Waals surface area contributed by atoms with E-state index in [2.05, 4.69) is 20.2 Å². The summed E-state index contributed by atoms with van der Waals surface area (Å²) in [5.41, 5.74) is 3.58. The minimum Gasteiger partial charge on any atom is -0.415 e. The van der Waals surface area contributed by atoms with Crippen LogP contribution in [0.15, 0.2) is 76.4 Å². The van der Waals surface area contributed by atoms with Crippen LogP contribution in [0.4, 0.5) is 0 Å². The fourth-order valence-corrected chi connectivity index (χ4v) is 4.92. The standard InChI is InChI=1S/C23H20N6O3S/c1-16-21(23-28-27-22(32-23)18-6-3-2-4-7-18)26-20(15-25-16)17-9-12-29(13-10-17)33(30,31)19-8-5-11-24-14-19/h2-9,11,14-15H,10,12-13H2,1H3. The molecule has 5 rings (SSSR count). The molecule has 9 nitrogen and oxygen atoms in total. The van der Waals surface area contributed by atoms with Gasteiger partial charge in [0.15, 0.2) is 0 Å². The Labute approximate surface area is 190 Å². The third kappa shape index (κ3) is 4.18. The van der Waals surface area contributed by atoms with Gasteiger partial charge in [-0.1, -0.05) is 24.3 Å². The number of pyridine rings is 1. The van der Waals surface area contributed by atoms with Gasteiger partial charge in [-0.2, -0.15) is 4.31 Å². The molecule has 0 radical (unpaired) electrons. The van der Waals surface area contributed by atoms with Crippen molar-refractivity contribution >= 4 is 15.6 Å². The second kappa shape index (κ2) is 8.64. The molecule has 1 aliphatic rings. The van der Waals surface area contributed by atoms with Crippen LogP contribution in [0.3, 0.4) is 0 Å². The molecule has 4 aromatic rings. The highest BCUT2D eigenvalue weighted by Gasteiger charge is 2.27. The maximum atomic E-state index is 12.8. The van der Waals surface area contributed by atoms with E-state index in [0.717, 1.165) is 11.1 Å². The minimum atomic E-state index is -3.59. The van der Waals surface area contributed by atoms with Gasteiger partial charge in [-0.15, -0.1) is 10.2 Å². The molecule has 4 heterocycles. The summed E-state index contributed by atoms with van der Waals surface area (Å²) in [5, 5.41) is 8.29.